The van der Waals surface area contributed by atoms with E-state index in [2.05, 4.69) is 17.2 Å². The molecule has 0 saturated heterocycles. The van der Waals surface area contributed by atoms with Gasteiger partial charge in [-0.1, -0.05) is 31.0 Å². The van der Waals surface area contributed by atoms with Crippen LogP contribution in [-0.4, -0.2) is 10.9 Å². The van der Waals surface area contributed by atoms with Gasteiger partial charge in [0.25, 0.3) is 0 Å². The maximum atomic E-state index is 12.3. The molecule has 0 aliphatic heterocycles. The van der Waals surface area contributed by atoms with Gasteiger partial charge in [-0.3, -0.25) is 9.78 Å². The van der Waals surface area contributed by atoms with Gasteiger partial charge in [-0.25, -0.2) is 0 Å². The Morgan fingerprint density at radius 3 is 2.85 bits per heavy atom. The summed E-state index contributed by atoms with van der Waals surface area (Å²) in [5, 5.41) is 2.97. The molecule has 0 aromatic carbocycles. The van der Waals surface area contributed by atoms with Crippen LogP contribution in [0.2, 0.25) is 4.34 Å². The smallest absolute Gasteiger partial charge is 0.229 e. The first-order chi connectivity index (χ1) is 9.70. The molecule has 1 unspecified atom stereocenters. The molecule has 1 amide bonds. The molecule has 2 aromatic rings. The molecule has 0 radical (unpaired) electrons. The highest BCUT2D eigenvalue weighted by Gasteiger charge is 2.20. The highest BCUT2D eigenvalue weighted by atomic mass is 35.5. The van der Waals surface area contributed by atoms with Crippen LogP contribution in [0.15, 0.2) is 36.5 Å². The van der Waals surface area contributed by atoms with Gasteiger partial charge in [-0.05, 0) is 30.7 Å². The Labute approximate surface area is 128 Å². The molecule has 0 spiro atoms. The van der Waals surface area contributed by atoms with Crippen molar-refractivity contribution in [2.45, 2.75) is 32.2 Å². The van der Waals surface area contributed by atoms with E-state index in [9.17, 15) is 4.79 Å². The van der Waals surface area contributed by atoms with E-state index in [1.807, 2.05) is 30.3 Å². The molecule has 0 bridgehead atoms. The number of hydrogen-bond donors (Lipinski definition) is 1. The second-order valence-corrected chi connectivity index (χ2v) is 6.32. The van der Waals surface area contributed by atoms with E-state index in [1.54, 1.807) is 6.20 Å². The Bertz CT molecular complexity index is 556. The van der Waals surface area contributed by atoms with Crippen molar-refractivity contribution in [2.75, 3.05) is 0 Å². The number of hydrogen-bond acceptors (Lipinski definition) is 3. The lowest BCUT2D eigenvalue weighted by molar-refractivity contribution is -0.123. The quantitative estimate of drug-likeness (QED) is 0.876. The van der Waals surface area contributed by atoms with Gasteiger partial charge in [0.05, 0.1) is 22.5 Å². The van der Waals surface area contributed by atoms with Crippen LogP contribution in [0.25, 0.3) is 0 Å². The highest BCUT2D eigenvalue weighted by Crippen LogP contribution is 2.22. The minimum atomic E-state index is -0.184. The molecule has 5 heteroatoms. The molecule has 3 nitrogen and oxygen atoms in total. The van der Waals surface area contributed by atoms with Crippen LogP contribution < -0.4 is 5.32 Å². The standard InChI is InChI=1S/C15H17ClN2OS/c1-2-5-12(13-6-3-4-9-17-13)15(19)18-10-11-7-8-14(16)20-11/h3-4,6-9,12H,2,5,10H2,1H3,(H,18,19). The lowest BCUT2D eigenvalue weighted by Gasteiger charge is -2.15. The largest absolute Gasteiger partial charge is 0.351 e. The van der Waals surface area contributed by atoms with Crippen molar-refractivity contribution >= 4 is 28.8 Å². The summed E-state index contributed by atoms with van der Waals surface area (Å²) in [4.78, 5) is 17.7. The molecule has 2 rings (SSSR count). The molecule has 0 aliphatic rings. The fourth-order valence-electron chi connectivity index (χ4n) is 2.03. The van der Waals surface area contributed by atoms with E-state index in [1.165, 1.54) is 11.3 Å². The second-order valence-electron chi connectivity index (χ2n) is 4.52. The van der Waals surface area contributed by atoms with Crippen LogP contribution in [0.5, 0.6) is 0 Å². The summed E-state index contributed by atoms with van der Waals surface area (Å²) in [6.45, 7) is 2.59. The van der Waals surface area contributed by atoms with Gasteiger partial charge in [0.2, 0.25) is 5.91 Å². The van der Waals surface area contributed by atoms with E-state index in [-0.39, 0.29) is 11.8 Å². The molecule has 1 N–H and O–H groups in total. The number of carbonyl (C=O) groups excluding carboxylic acids is 1. The number of pyridine rings is 1. The first-order valence-electron chi connectivity index (χ1n) is 6.63. The average Bonchev–Trinajstić information content (AvgIpc) is 2.89. The van der Waals surface area contributed by atoms with E-state index < -0.39 is 0 Å². The molecule has 106 valence electrons. The van der Waals surface area contributed by atoms with Crippen molar-refractivity contribution in [2.24, 2.45) is 0 Å². The monoisotopic (exact) mass is 308 g/mol. The summed E-state index contributed by atoms with van der Waals surface area (Å²) in [6.07, 6.45) is 3.47. The second kappa shape index (κ2) is 7.41. The highest BCUT2D eigenvalue weighted by molar-refractivity contribution is 7.16. The molecule has 0 saturated carbocycles. The summed E-state index contributed by atoms with van der Waals surface area (Å²) in [6, 6.07) is 9.45. The fraction of sp³-hybridized carbons (Fsp3) is 0.333. The summed E-state index contributed by atoms with van der Waals surface area (Å²) in [5.41, 5.74) is 0.830. The van der Waals surface area contributed by atoms with Gasteiger partial charge < -0.3 is 5.32 Å². The van der Waals surface area contributed by atoms with Crippen LogP contribution in [0.4, 0.5) is 0 Å². The lowest BCUT2D eigenvalue weighted by atomic mass is 9.98. The first kappa shape index (κ1) is 15.0. The van der Waals surface area contributed by atoms with Crippen LogP contribution in [0.1, 0.15) is 36.3 Å². The number of aromatic nitrogens is 1. The Balaban J connectivity index is 2.00. The average molecular weight is 309 g/mol. The van der Waals surface area contributed by atoms with Crippen LogP contribution in [-0.2, 0) is 11.3 Å². The first-order valence-corrected chi connectivity index (χ1v) is 7.83. The maximum absolute atomic E-state index is 12.3. The minimum absolute atomic E-state index is 0.0232. The predicted molar refractivity (Wildman–Crippen MR) is 83.1 cm³/mol. The van der Waals surface area contributed by atoms with Crippen LogP contribution >= 0.6 is 22.9 Å². The Morgan fingerprint density at radius 1 is 1.40 bits per heavy atom. The zero-order chi connectivity index (χ0) is 14.4. The summed E-state index contributed by atoms with van der Waals surface area (Å²) < 4.78 is 0.740. The zero-order valence-electron chi connectivity index (χ0n) is 11.3. The maximum Gasteiger partial charge on any atom is 0.229 e. The molecule has 0 fully saturated rings. The molecule has 2 heterocycles. The van der Waals surface area contributed by atoms with E-state index in [0.717, 1.165) is 27.7 Å². The minimum Gasteiger partial charge on any atom is -0.351 e. The summed E-state index contributed by atoms with van der Waals surface area (Å²) in [5.74, 6) is -0.160. The van der Waals surface area contributed by atoms with E-state index >= 15 is 0 Å². The summed E-state index contributed by atoms with van der Waals surface area (Å²) >= 11 is 7.37. The zero-order valence-corrected chi connectivity index (χ0v) is 12.9. The third-order valence-electron chi connectivity index (χ3n) is 3.00. The van der Waals surface area contributed by atoms with Gasteiger partial charge >= 0.3 is 0 Å². The fourth-order valence-corrected chi connectivity index (χ4v) is 3.06. The number of halogens is 1. The number of carbonyl (C=O) groups is 1. The van der Waals surface area contributed by atoms with Crippen LogP contribution in [0, 0.1) is 0 Å². The molecule has 0 aliphatic carbocycles. The lowest BCUT2D eigenvalue weighted by Crippen LogP contribution is -2.29. The van der Waals surface area contributed by atoms with Crippen molar-refractivity contribution in [1.82, 2.24) is 10.3 Å². The van der Waals surface area contributed by atoms with E-state index in [4.69, 9.17) is 11.6 Å². The predicted octanol–water partition coefficient (Wildman–Crippen LogP) is 4.00. The van der Waals surface area contributed by atoms with Crippen molar-refractivity contribution in [3.05, 3.63) is 51.4 Å². The normalized spacial score (nSPS) is 12.1. The molecule has 1 atom stereocenters. The Kier molecular flexibility index (Phi) is 5.56. The van der Waals surface area contributed by atoms with Crippen molar-refractivity contribution in [3.8, 4) is 0 Å². The van der Waals surface area contributed by atoms with Gasteiger partial charge in [-0.2, -0.15) is 0 Å². The van der Waals surface area contributed by atoms with Crippen molar-refractivity contribution < 1.29 is 4.79 Å². The molecular weight excluding hydrogens is 292 g/mol. The van der Waals surface area contributed by atoms with Crippen molar-refractivity contribution in [3.63, 3.8) is 0 Å². The Hall–Kier alpha value is -1.39. The number of nitrogens with zero attached hydrogens (tertiary/aromatic N) is 1. The van der Waals surface area contributed by atoms with Gasteiger partial charge in [0.1, 0.15) is 0 Å². The van der Waals surface area contributed by atoms with Gasteiger partial charge in [0, 0.05) is 11.1 Å². The number of thiophene rings is 1. The number of nitrogens with one attached hydrogen (secondary N) is 1. The molecule has 20 heavy (non-hydrogen) atoms. The van der Waals surface area contributed by atoms with Gasteiger partial charge in [-0.15, -0.1) is 11.3 Å². The number of amides is 1. The molecular formula is C15H17ClN2OS. The summed E-state index contributed by atoms with van der Waals surface area (Å²) in [7, 11) is 0. The van der Waals surface area contributed by atoms with Crippen molar-refractivity contribution in [1.29, 1.82) is 0 Å². The van der Waals surface area contributed by atoms with E-state index in [0.29, 0.717) is 6.54 Å². The third-order valence-corrected chi connectivity index (χ3v) is 4.24. The molecule has 2 aromatic heterocycles. The Morgan fingerprint density at radius 2 is 2.25 bits per heavy atom. The SMILES string of the molecule is CCCC(C(=O)NCc1ccc(Cl)s1)c1ccccn1. The third kappa shape index (κ3) is 4.05. The topological polar surface area (TPSA) is 42.0 Å². The van der Waals surface area contributed by atoms with Crippen LogP contribution in [0.3, 0.4) is 0 Å². The number of rotatable bonds is 6. The van der Waals surface area contributed by atoms with Gasteiger partial charge in [0.15, 0.2) is 0 Å².